The van der Waals surface area contributed by atoms with Crippen LogP contribution in [0.1, 0.15) is 16.8 Å². The third-order valence-corrected chi connectivity index (χ3v) is 4.82. The third kappa shape index (κ3) is 2.44. The van der Waals surface area contributed by atoms with Crippen molar-refractivity contribution in [3.05, 3.63) is 32.4 Å². The fourth-order valence-electron chi connectivity index (χ4n) is 2.12. The standard InChI is InChI=1S/C13H12Br2N6O/c1-5-6(2)10(14)18-7(9(5)22)3-21-4-17-8-11(15)19-13(16)20-12(8)21/h4,22H,3H2,1-2H3,(H2,16,19,20). The van der Waals surface area contributed by atoms with Gasteiger partial charge >= 0.3 is 0 Å². The molecule has 0 atom stereocenters. The molecule has 3 heterocycles. The lowest BCUT2D eigenvalue weighted by molar-refractivity contribution is 0.456. The predicted octanol–water partition coefficient (Wildman–Crippen LogP) is 2.70. The van der Waals surface area contributed by atoms with Gasteiger partial charge in [0, 0.05) is 0 Å². The number of imidazole rings is 1. The van der Waals surface area contributed by atoms with E-state index in [9.17, 15) is 5.11 Å². The summed E-state index contributed by atoms with van der Waals surface area (Å²) in [5.41, 5.74) is 9.09. The van der Waals surface area contributed by atoms with Crippen molar-refractivity contribution in [3.63, 3.8) is 0 Å². The van der Waals surface area contributed by atoms with Crippen LogP contribution in [-0.2, 0) is 6.54 Å². The number of nitrogens with two attached hydrogens (primary N) is 1. The van der Waals surface area contributed by atoms with Gasteiger partial charge in [-0.3, -0.25) is 0 Å². The van der Waals surface area contributed by atoms with Gasteiger partial charge in [0.25, 0.3) is 0 Å². The molecule has 9 heteroatoms. The van der Waals surface area contributed by atoms with Crippen LogP contribution in [-0.4, -0.2) is 29.6 Å². The molecular weight excluding hydrogens is 416 g/mol. The zero-order chi connectivity index (χ0) is 16.0. The van der Waals surface area contributed by atoms with Crippen LogP contribution in [0.5, 0.6) is 5.75 Å². The molecule has 0 aromatic carbocycles. The summed E-state index contributed by atoms with van der Waals surface area (Å²) in [6.45, 7) is 4.07. The van der Waals surface area contributed by atoms with E-state index in [1.54, 1.807) is 10.9 Å². The maximum Gasteiger partial charge on any atom is 0.223 e. The highest BCUT2D eigenvalue weighted by Crippen LogP contribution is 2.29. The Morgan fingerprint density at radius 2 is 1.86 bits per heavy atom. The van der Waals surface area contributed by atoms with E-state index in [0.717, 1.165) is 11.1 Å². The number of nitrogen functional groups attached to an aromatic ring is 1. The monoisotopic (exact) mass is 426 g/mol. The summed E-state index contributed by atoms with van der Waals surface area (Å²) in [5, 5.41) is 10.3. The second kappa shape index (κ2) is 5.47. The SMILES string of the molecule is Cc1c(Br)nc(Cn2cnc3c(Br)nc(N)nc32)c(O)c1C. The van der Waals surface area contributed by atoms with Crippen LogP contribution in [0.15, 0.2) is 15.5 Å². The molecule has 3 rings (SSSR count). The van der Waals surface area contributed by atoms with Gasteiger partial charge < -0.3 is 15.4 Å². The Kier molecular flexibility index (Phi) is 3.77. The Morgan fingerprint density at radius 1 is 1.14 bits per heavy atom. The lowest BCUT2D eigenvalue weighted by Crippen LogP contribution is -2.05. The Labute approximate surface area is 142 Å². The van der Waals surface area contributed by atoms with Crippen molar-refractivity contribution in [2.75, 3.05) is 5.73 Å². The predicted molar refractivity (Wildman–Crippen MR) is 89.6 cm³/mol. The molecule has 0 amide bonds. The molecule has 3 aromatic heterocycles. The van der Waals surface area contributed by atoms with Crippen LogP contribution >= 0.6 is 31.9 Å². The number of pyridine rings is 1. The minimum Gasteiger partial charge on any atom is -0.506 e. The fraction of sp³-hybridized carbons (Fsp3) is 0.231. The number of nitrogens with zero attached hydrogens (tertiary/aromatic N) is 5. The van der Waals surface area contributed by atoms with Crippen LogP contribution in [0.3, 0.4) is 0 Å². The van der Waals surface area contributed by atoms with Crippen molar-refractivity contribution in [1.29, 1.82) is 0 Å². The first-order chi connectivity index (χ1) is 10.4. The molecule has 0 aliphatic heterocycles. The van der Waals surface area contributed by atoms with E-state index in [1.165, 1.54) is 0 Å². The van der Waals surface area contributed by atoms with Crippen molar-refractivity contribution < 1.29 is 5.11 Å². The van der Waals surface area contributed by atoms with Crippen molar-refractivity contribution in [2.24, 2.45) is 0 Å². The molecule has 0 aliphatic rings. The summed E-state index contributed by atoms with van der Waals surface area (Å²) in [7, 11) is 0. The first-order valence-corrected chi connectivity index (χ1v) is 7.95. The summed E-state index contributed by atoms with van der Waals surface area (Å²) in [5.74, 6) is 0.322. The Hall–Kier alpha value is -1.74. The van der Waals surface area contributed by atoms with E-state index in [2.05, 4.69) is 51.8 Å². The highest BCUT2D eigenvalue weighted by atomic mass is 79.9. The molecule has 0 radical (unpaired) electrons. The van der Waals surface area contributed by atoms with Gasteiger partial charge in [0.1, 0.15) is 26.2 Å². The lowest BCUT2D eigenvalue weighted by Gasteiger charge is -2.11. The zero-order valence-corrected chi connectivity index (χ0v) is 15.0. The van der Waals surface area contributed by atoms with Gasteiger partial charge in [-0.25, -0.2) is 15.0 Å². The Bertz CT molecular complexity index is 892. The molecule has 0 unspecified atom stereocenters. The molecule has 0 saturated carbocycles. The molecule has 3 aromatic rings. The van der Waals surface area contributed by atoms with Gasteiger partial charge in [-0.2, -0.15) is 4.98 Å². The van der Waals surface area contributed by atoms with Crippen LogP contribution in [0.25, 0.3) is 11.2 Å². The highest BCUT2D eigenvalue weighted by molar-refractivity contribution is 9.10. The van der Waals surface area contributed by atoms with Crippen molar-refractivity contribution in [1.82, 2.24) is 24.5 Å². The number of fused-ring (bicyclic) bond motifs is 1. The van der Waals surface area contributed by atoms with Crippen LogP contribution in [0.2, 0.25) is 0 Å². The van der Waals surface area contributed by atoms with Gasteiger partial charge in [0.05, 0.1) is 12.9 Å². The number of hydrogen-bond donors (Lipinski definition) is 2. The Balaban J connectivity index is 2.12. The van der Waals surface area contributed by atoms with Gasteiger partial charge in [-0.1, -0.05) is 0 Å². The molecule has 3 N–H and O–H groups in total. The van der Waals surface area contributed by atoms with Crippen molar-refractivity contribution in [3.8, 4) is 5.75 Å². The van der Waals surface area contributed by atoms with E-state index in [1.807, 2.05) is 13.8 Å². The van der Waals surface area contributed by atoms with Crippen LogP contribution in [0, 0.1) is 13.8 Å². The van der Waals surface area contributed by atoms with E-state index in [0.29, 0.717) is 32.6 Å². The van der Waals surface area contributed by atoms with E-state index in [4.69, 9.17) is 5.73 Å². The maximum atomic E-state index is 10.3. The molecule has 22 heavy (non-hydrogen) atoms. The van der Waals surface area contributed by atoms with E-state index < -0.39 is 0 Å². The highest BCUT2D eigenvalue weighted by Gasteiger charge is 2.16. The number of anilines is 1. The molecular formula is C13H12Br2N6O. The quantitative estimate of drug-likeness (QED) is 0.481. The number of halogens is 2. The number of aromatic hydroxyl groups is 1. The van der Waals surface area contributed by atoms with E-state index >= 15 is 0 Å². The molecule has 7 nitrogen and oxygen atoms in total. The van der Waals surface area contributed by atoms with Crippen LogP contribution < -0.4 is 5.73 Å². The second-order valence-electron chi connectivity index (χ2n) is 4.87. The Morgan fingerprint density at radius 3 is 2.59 bits per heavy atom. The summed E-state index contributed by atoms with van der Waals surface area (Å²) in [6.07, 6.45) is 1.62. The topological polar surface area (TPSA) is 103 Å². The maximum absolute atomic E-state index is 10.3. The molecule has 0 spiro atoms. The summed E-state index contributed by atoms with van der Waals surface area (Å²) in [6, 6.07) is 0. The van der Waals surface area contributed by atoms with Gasteiger partial charge in [0.2, 0.25) is 5.95 Å². The number of hydrogen-bond acceptors (Lipinski definition) is 6. The van der Waals surface area contributed by atoms with E-state index in [-0.39, 0.29) is 11.7 Å². The van der Waals surface area contributed by atoms with Gasteiger partial charge in [0.15, 0.2) is 5.65 Å². The smallest absolute Gasteiger partial charge is 0.223 e. The fourth-order valence-corrected chi connectivity index (χ4v) is 3.09. The minimum atomic E-state index is 0.152. The second-order valence-corrected chi connectivity index (χ2v) is 6.37. The largest absolute Gasteiger partial charge is 0.506 e. The summed E-state index contributed by atoms with van der Waals surface area (Å²) in [4.78, 5) is 16.9. The lowest BCUT2D eigenvalue weighted by atomic mass is 10.1. The van der Waals surface area contributed by atoms with Crippen molar-refractivity contribution in [2.45, 2.75) is 20.4 Å². The number of aromatic nitrogens is 5. The third-order valence-electron chi connectivity index (χ3n) is 3.49. The van der Waals surface area contributed by atoms with Crippen LogP contribution in [0.4, 0.5) is 5.95 Å². The first-order valence-electron chi connectivity index (χ1n) is 6.37. The molecule has 0 saturated heterocycles. The molecule has 0 aliphatic carbocycles. The summed E-state index contributed by atoms with van der Waals surface area (Å²) < 4.78 is 3.01. The van der Waals surface area contributed by atoms with Gasteiger partial charge in [-0.05, 0) is 56.8 Å². The minimum absolute atomic E-state index is 0.152. The first kappa shape index (κ1) is 15.2. The zero-order valence-electron chi connectivity index (χ0n) is 11.8. The average Bonchev–Trinajstić information content (AvgIpc) is 2.86. The van der Waals surface area contributed by atoms with Gasteiger partial charge in [-0.15, -0.1) is 0 Å². The normalized spacial score (nSPS) is 11.3. The molecule has 114 valence electrons. The average molecular weight is 428 g/mol. The molecule has 0 fully saturated rings. The van der Waals surface area contributed by atoms with Crippen molar-refractivity contribution >= 4 is 49.0 Å². The molecule has 0 bridgehead atoms. The summed E-state index contributed by atoms with van der Waals surface area (Å²) >= 11 is 6.72. The number of rotatable bonds is 2.